The first-order valence-electron chi connectivity index (χ1n) is 7.16. The summed E-state index contributed by atoms with van der Waals surface area (Å²) in [5.74, 6) is -0.0307. The molecule has 1 amide bonds. The van der Waals surface area contributed by atoms with Crippen molar-refractivity contribution in [2.75, 3.05) is 0 Å². The Morgan fingerprint density at radius 2 is 1.62 bits per heavy atom. The molecule has 21 heavy (non-hydrogen) atoms. The minimum absolute atomic E-state index is 0.0307. The lowest BCUT2D eigenvalue weighted by Gasteiger charge is -2.13. The minimum atomic E-state index is -0.0307. The molecule has 0 unspecified atom stereocenters. The van der Waals surface area contributed by atoms with E-state index in [2.05, 4.69) is 5.32 Å². The van der Waals surface area contributed by atoms with Crippen LogP contribution in [0.3, 0.4) is 0 Å². The average molecular weight is 282 g/mol. The van der Waals surface area contributed by atoms with E-state index in [-0.39, 0.29) is 5.91 Å². The predicted octanol–water partition coefficient (Wildman–Crippen LogP) is 3.00. The summed E-state index contributed by atoms with van der Waals surface area (Å²) in [6.45, 7) is 6.97. The maximum Gasteiger partial charge on any atom is 0.252 e. The van der Waals surface area contributed by atoms with Crippen molar-refractivity contribution in [2.24, 2.45) is 5.73 Å². The molecule has 0 bridgehead atoms. The second-order valence-corrected chi connectivity index (χ2v) is 5.43. The van der Waals surface area contributed by atoms with Crippen molar-refractivity contribution in [1.82, 2.24) is 5.32 Å². The van der Waals surface area contributed by atoms with Crippen LogP contribution < -0.4 is 11.1 Å². The van der Waals surface area contributed by atoms with Gasteiger partial charge < -0.3 is 11.1 Å². The van der Waals surface area contributed by atoms with Crippen molar-refractivity contribution in [3.8, 4) is 0 Å². The SMILES string of the molecule is Cc1cc(C)c(C(=O)NCc2ccccc2CN)c(C)c1. The van der Waals surface area contributed by atoms with Crippen LogP contribution in [0.25, 0.3) is 0 Å². The van der Waals surface area contributed by atoms with Crippen molar-refractivity contribution in [1.29, 1.82) is 0 Å². The van der Waals surface area contributed by atoms with Crippen LogP contribution in [0.15, 0.2) is 36.4 Å². The Morgan fingerprint density at radius 3 is 2.19 bits per heavy atom. The maximum atomic E-state index is 12.4. The van der Waals surface area contributed by atoms with Crippen LogP contribution in [-0.4, -0.2) is 5.91 Å². The zero-order valence-corrected chi connectivity index (χ0v) is 12.9. The van der Waals surface area contributed by atoms with Gasteiger partial charge >= 0.3 is 0 Å². The zero-order valence-electron chi connectivity index (χ0n) is 12.9. The van der Waals surface area contributed by atoms with Gasteiger partial charge in [-0.15, -0.1) is 0 Å². The Hall–Kier alpha value is -2.13. The summed E-state index contributed by atoms with van der Waals surface area (Å²) in [5, 5.41) is 3.00. The predicted molar refractivity (Wildman–Crippen MR) is 86.2 cm³/mol. The van der Waals surface area contributed by atoms with Crippen LogP contribution in [0, 0.1) is 20.8 Å². The normalized spacial score (nSPS) is 10.5. The average Bonchev–Trinajstić information content (AvgIpc) is 2.44. The number of nitrogens with one attached hydrogen (secondary N) is 1. The van der Waals surface area contributed by atoms with E-state index in [1.54, 1.807) is 0 Å². The molecule has 0 aliphatic rings. The molecular formula is C18H22N2O. The fraction of sp³-hybridized carbons (Fsp3) is 0.278. The zero-order chi connectivity index (χ0) is 15.4. The van der Waals surface area contributed by atoms with Crippen molar-refractivity contribution in [3.63, 3.8) is 0 Å². The fourth-order valence-corrected chi connectivity index (χ4v) is 2.73. The van der Waals surface area contributed by atoms with Gasteiger partial charge in [-0.2, -0.15) is 0 Å². The van der Waals surface area contributed by atoms with Crippen LogP contribution >= 0.6 is 0 Å². The lowest BCUT2D eigenvalue weighted by atomic mass is 9.99. The van der Waals surface area contributed by atoms with E-state index in [1.807, 2.05) is 57.2 Å². The molecule has 0 aliphatic heterocycles. The molecule has 0 heterocycles. The van der Waals surface area contributed by atoms with E-state index < -0.39 is 0 Å². The standard InChI is InChI=1S/C18H22N2O/c1-12-8-13(2)17(14(3)9-12)18(21)20-11-16-7-5-4-6-15(16)10-19/h4-9H,10-11,19H2,1-3H3,(H,20,21). The van der Waals surface area contributed by atoms with Gasteiger partial charge in [-0.05, 0) is 43.0 Å². The summed E-state index contributed by atoms with van der Waals surface area (Å²) >= 11 is 0. The van der Waals surface area contributed by atoms with Gasteiger partial charge in [-0.25, -0.2) is 0 Å². The minimum Gasteiger partial charge on any atom is -0.348 e. The third kappa shape index (κ3) is 3.50. The van der Waals surface area contributed by atoms with Gasteiger partial charge in [0.1, 0.15) is 0 Å². The highest BCUT2D eigenvalue weighted by Crippen LogP contribution is 2.16. The molecule has 3 nitrogen and oxygen atoms in total. The summed E-state index contributed by atoms with van der Waals surface area (Å²) < 4.78 is 0. The highest BCUT2D eigenvalue weighted by atomic mass is 16.1. The molecule has 0 spiro atoms. The summed E-state index contributed by atoms with van der Waals surface area (Å²) in [6.07, 6.45) is 0. The smallest absolute Gasteiger partial charge is 0.252 e. The molecule has 2 aromatic rings. The first kappa shape index (κ1) is 15.3. The highest BCUT2D eigenvalue weighted by molar-refractivity contribution is 5.97. The number of hydrogen-bond donors (Lipinski definition) is 2. The number of hydrogen-bond acceptors (Lipinski definition) is 2. The second-order valence-electron chi connectivity index (χ2n) is 5.43. The quantitative estimate of drug-likeness (QED) is 0.905. The molecule has 3 N–H and O–H groups in total. The number of carbonyl (C=O) groups is 1. The Labute approximate surface area is 126 Å². The van der Waals surface area contributed by atoms with Crippen molar-refractivity contribution < 1.29 is 4.79 Å². The summed E-state index contributed by atoms with van der Waals surface area (Å²) in [6, 6.07) is 12.0. The molecule has 0 saturated carbocycles. The molecule has 3 heteroatoms. The largest absolute Gasteiger partial charge is 0.348 e. The molecule has 0 saturated heterocycles. The lowest BCUT2D eigenvalue weighted by molar-refractivity contribution is 0.0949. The van der Waals surface area contributed by atoms with Crippen LogP contribution in [0.5, 0.6) is 0 Å². The van der Waals surface area contributed by atoms with Crippen molar-refractivity contribution >= 4 is 5.91 Å². The van der Waals surface area contributed by atoms with Gasteiger partial charge in [0.2, 0.25) is 0 Å². The van der Waals surface area contributed by atoms with E-state index >= 15 is 0 Å². The first-order valence-corrected chi connectivity index (χ1v) is 7.16. The van der Waals surface area contributed by atoms with Crippen molar-refractivity contribution in [2.45, 2.75) is 33.9 Å². The van der Waals surface area contributed by atoms with Crippen LogP contribution in [-0.2, 0) is 13.1 Å². The van der Waals surface area contributed by atoms with Gasteiger partial charge in [-0.1, -0.05) is 42.0 Å². The number of carbonyl (C=O) groups excluding carboxylic acids is 1. The first-order chi connectivity index (χ1) is 10.0. The third-order valence-electron chi connectivity index (χ3n) is 3.68. The number of amides is 1. The Morgan fingerprint density at radius 1 is 1.05 bits per heavy atom. The molecule has 0 fully saturated rings. The highest BCUT2D eigenvalue weighted by Gasteiger charge is 2.12. The Kier molecular flexibility index (Phi) is 4.76. The van der Waals surface area contributed by atoms with Crippen LogP contribution in [0.4, 0.5) is 0 Å². The molecule has 0 atom stereocenters. The van der Waals surface area contributed by atoms with Gasteiger partial charge in [0.25, 0.3) is 5.91 Å². The van der Waals surface area contributed by atoms with Crippen LogP contribution in [0.2, 0.25) is 0 Å². The molecule has 0 radical (unpaired) electrons. The summed E-state index contributed by atoms with van der Waals surface area (Å²) in [7, 11) is 0. The molecule has 0 aromatic heterocycles. The number of benzene rings is 2. The topological polar surface area (TPSA) is 55.1 Å². The number of nitrogens with two attached hydrogens (primary N) is 1. The van der Waals surface area contributed by atoms with Gasteiger partial charge in [0.15, 0.2) is 0 Å². The van der Waals surface area contributed by atoms with Gasteiger partial charge in [0, 0.05) is 18.7 Å². The Bertz CT molecular complexity index is 639. The molecule has 110 valence electrons. The summed E-state index contributed by atoms with van der Waals surface area (Å²) in [5.41, 5.74) is 11.8. The monoisotopic (exact) mass is 282 g/mol. The molecule has 0 aliphatic carbocycles. The van der Waals surface area contributed by atoms with Crippen molar-refractivity contribution in [3.05, 3.63) is 69.8 Å². The van der Waals surface area contributed by atoms with Gasteiger partial charge in [0.05, 0.1) is 0 Å². The number of rotatable bonds is 4. The van der Waals surface area contributed by atoms with Gasteiger partial charge in [-0.3, -0.25) is 4.79 Å². The number of aryl methyl sites for hydroxylation is 3. The maximum absolute atomic E-state index is 12.4. The fourth-order valence-electron chi connectivity index (χ4n) is 2.73. The molecule has 2 rings (SSSR count). The van der Waals surface area contributed by atoms with E-state index in [9.17, 15) is 4.79 Å². The molecular weight excluding hydrogens is 260 g/mol. The Balaban J connectivity index is 2.16. The molecule has 2 aromatic carbocycles. The van der Waals surface area contributed by atoms with E-state index in [4.69, 9.17) is 5.73 Å². The van der Waals surface area contributed by atoms with Crippen LogP contribution in [0.1, 0.15) is 38.2 Å². The van der Waals surface area contributed by atoms with E-state index in [0.717, 1.165) is 27.8 Å². The second kappa shape index (κ2) is 6.55. The summed E-state index contributed by atoms with van der Waals surface area (Å²) in [4.78, 5) is 12.4. The third-order valence-corrected chi connectivity index (χ3v) is 3.68. The lowest BCUT2D eigenvalue weighted by Crippen LogP contribution is -2.25. The van der Waals surface area contributed by atoms with E-state index in [0.29, 0.717) is 13.1 Å². The van der Waals surface area contributed by atoms with E-state index in [1.165, 1.54) is 5.56 Å².